The van der Waals surface area contributed by atoms with Crippen LogP contribution in [0.5, 0.6) is 0 Å². The fraction of sp³-hybridized carbons (Fsp3) is 0.409. The van der Waals surface area contributed by atoms with Crippen molar-refractivity contribution in [1.29, 1.82) is 0 Å². The second-order valence-electron chi connectivity index (χ2n) is 8.17. The van der Waals surface area contributed by atoms with E-state index in [2.05, 4.69) is 20.4 Å². The summed E-state index contributed by atoms with van der Waals surface area (Å²) < 4.78 is 34.3. The fourth-order valence-corrected chi connectivity index (χ4v) is 5.53. The van der Waals surface area contributed by atoms with E-state index in [4.69, 9.17) is 4.74 Å². The molecule has 1 fully saturated rings. The highest BCUT2D eigenvalue weighted by Crippen LogP contribution is 2.29. The molecule has 1 saturated carbocycles. The fourth-order valence-electron chi connectivity index (χ4n) is 3.97. The number of nitrogens with zero attached hydrogens (tertiary/aromatic N) is 5. The molecule has 0 atom stereocenters. The monoisotopic (exact) mass is 486 g/mol. The third kappa shape index (κ3) is 4.92. The predicted octanol–water partition coefficient (Wildman–Crippen LogP) is 2.18. The molecular weight excluding hydrogens is 460 g/mol. The molecule has 1 aromatic carbocycles. The highest BCUT2D eigenvalue weighted by Gasteiger charge is 2.31. The first kappa shape index (κ1) is 23.8. The molecule has 0 bridgehead atoms. The van der Waals surface area contributed by atoms with Crippen molar-refractivity contribution >= 4 is 33.4 Å². The molecule has 11 nitrogen and oxygen atoms in total. The lowest BCUT2D eigenvalue weighted by molar-refractivity contribution is -0.119. The number of nitrogens with one attached hydrogen (secondary N) is 1. The van der Waals surface area contributed by atoms with Gasteiger partial charge in [0.2, 0.25) is 10.0 Å². The van der Waals surface area contributed by atoms with Crippen molar-refractivity contribution in [3.8, 4) is 0 Å². The number of anilines is 1. The average molecular weight is 487 g/mol. The Morgan fingerprint density at radius 3 is 2.65 bits per heavy atom. The molecule has 0 spiro atoms. The number of aryl methyl sites for hydroxylation is 1. The minimum Gasteiger partial charge on any atom is -0.450 e. The summed E-state index contributed by atoms with van der Waals surface area (Å²) in [4.78, 5) is 32.8. The molecule has 1 amide bonds. The Hall–Kier alpha value is -3.38. The number of carbonyl (C=O) groups is 2. The number of aromatic nitrogens is 4. The summed E-state index contributed by atoms with van der Waals surface area (Å²) in [6.07, 6.45) is 6.25. The lowest BCUT2D eigenvalue weighted by Crippen LogP contribution is -2.38. The average Bonchev–Trinajstić information content (AvgIpc) is 3.29. The molecule has 180 valence electrons. The molecule has 2 heterocycles. The van der Waals surface area contributed by atoms with Gasteiger partial charge in [-0.1, -0.05) is 31.4 Å². The number of esters is 1. The van der Waals surface area contributed by atoms with Gasteiger partial charge in [-0.15, -0.1) is 5.10 Å². The summed E-state index contributed by atoms with van der Waals surface area (Å²) in [5, 5.41) is 6.57. The third-order valence-electron chi connectivity index (χ3n) is 5.85. The van der Waals surface area contributed by atoms with Gasteiger partial charge in [0.05, 0.1) is 5.69 Å². The number of amides is 1. The van der Waals surface area contributed by atoms with Crippen LogP contribution in [0.1, 0.15) is 48.4 Å². The van der Waals surface area contributed by atoms with Crippen LogP contribution in [0.2, 0.25) is 0 Å². The standard InChI is InChI=1S/C22H26N6O5S/c1-15-12-13-23-22-25-20(26-28(15)22)21(30)33-14-19(29)24-17-10-6-7-11-18(17)34(31,32)27(2)16-8-4-3-5-9-16/h6-7,10-13,16H,3-5,8-9,14H2,1-2H3,(H,24,29). The first-order valence-corrected chi connectivity index (χ1v) is 12.4. The predicted molar refractivity (Wildman–Crippen MR) is 123 cm³/mol. The van der Waals surface area contributed by atoms with Gasteiger partial charge < -0.3 is 10.1 Å². The Morgan fingerprint density at radius 1 is 1.18 bits per heavy atom. The number of para-hydroxylation sites is 1. The molecule has 1 aliphatic carbocycles. The summed E-state index contributed by atoms with van der Waals surface area (Å²) in [5.41, 5.74) is 0.849. The molecule has 4 rings (SSSR count). The van der Waals surface area contributed by atoms with Crippen LogP contribution in [0, 0.1) is 6.92 Å². The second kappa shape index (κ2) is 9.85. The maximum atomic E-state index is 13.3. The van der Waals surface area contributed by atoms with Crippen molar-refractivity contribution in [2.75, 3.05) is 19.0 Å². The Labute approximate surface area is 197 Å². The minimum absolute atomic E-state index is 0.00804. The zero-order chi connectivity index (χ0) is 24.3. The van der Waals surface area contributed by atoms with Gasteiger partial charge in [0.25, 0.3) is 17.5 Å². The van der Waals surface area contributed by atoms with Gasteiger partial charge in [0.15, 0.2) is 6.61 Å². The summed E-state index contributed by atoms with van der Waals surface area (Å²) in [5.74, 6) is -1.57. The van der Waals surface area contributed by atoms with Gasteiger partial charge in [0.1, 0.15) is 4.90 Å². The largest absolute Gasteiger partial charge is 0.450 e. The van der Waals surface area contributed by atoms with E-state index >= 15 is 0 Å². The van der Waals surface area contributed by atoms with Crippen molar-refractivity contribution in [3.05, 3.63) is 48.0 Å². The third-order valence-corrected chi connectivity index (χ3v) is 7.82. The van der Waals surface area contributed by atoms with Crippen molar-refractivity contribution in [3.63, 3.8) is 0 Å². The van der Waals surface area contributed by atoms with E-state index in [1.165, 1.54) is 21.0 Å². The number of fused-ring (bicyclic) bond motifs is 1. The van der Waals surface area contributed by atoms with Gasteiger partial charge in [-0.25, -0.2) is 22.7 Å². The van der Waals surface area contributed by atoms with E-state index < -0.39 is 28.5 Å². The summed E-state index contributed by atoms with van der Waals surface area (Å²) in [7, 11) is -2.25. The maximum absolute atomic E-state index is 13.3. The van der Waals surface area contributed by atoms with Gasteiger partial charge in [-0.05, 0) is 38.0 Å². The van der Waals surface area contributed by atoms with Crippen LogP contribution in [-0.2, 0) is 19.6 Å². The maximum Gasteiger partial charge on any atom is 0.378 e. The highest BCUT2D eigenvalue weighted by molar-refractivity contribution is 7.89. The molecule has 0 radical (unpaired) electrons. The molecule has 3 aromatic rings. The van der Waals surface area contributed by atoms with Gasteiger partial charge in [-0.2, -0.15) is 9.29 Å². The lowest BCUT2D eigenvalue weighted by Gasteiger charge is -2.30. The van der Waals surface area contributed by atoms with Crippen LogP contribution < -0.4 is 5.32 Å². The molecule has 1 aliphatic rings. The normalized spacial score (nSPS) is 14.9. The number of benzene rings is 1. The molecule has 0 saturated heterocycles. The quantitative estimate of drug-likeness (QED) is 0.502. The van der Waals surface area contributed by atoms with Crippen molar-refractivity contribution in [2.24, 2.45) is 0 Å². The van der Waals surface area contributed by atoms with Crippen molar-refractivity contribution in [2.45, 2.75) is 50.0 Å². The van der Waals surface area contributed by atoms with E-state index in [1.807, 2.05) is 0 Å². The van der Waals surface area contributed by atoms with Crippen molar-refractivity contribution < 1.29 is 22.7 Å². The Bertz CT molecular complexity index is 1320. The van der Waals surface area contributed by atoms with E-state index in [9.17, 15) is 18.0 Å². The number of sulfonamides is 1. The topological polar surface area (TPSA) is 136 Å². The van der Waals surface area contributed by atoms with Crippen LogP contribution in [0.15, 0.2) is 41.4 Å². The minimum atomic E-state index is -3.83. The van der Waals surface area contributed by atoms with Crippen LogP contribution in [0.3, 0.4) is 0 Å². The van der Waals surface area contributed by atoms with Crippen LogP contribution >= 0.6 is 0 Å². The number of carbonyl (C=O) groups excluding carboxylic acids is 2. The van der Waals surface area contributed by atoms with Gasteiger partial charge in [-0.3, -0.25) is 4.79 Å². The Kier molecular flexibility index (Phi) is 6.89. The van der Waals surface area contributed by atoms with Crippen LogP contribution in [-0.4, -0.2) is 63.9 Å². The lowest BCUT2D eigenvalue weighted by atomic mass is 9.96. The molecule has 2 aromatic heterocycles. The van der Waals surface area contributed by atoms with Gasteiger partial charge in [0, 0.05) is 25.0 Å². The zero-order valence-electron chi connectivity index (χ0n) is 19.0. The molecule has 1 N–H and O–H groups in total. The van der Waals surface area contributed by atoms with Crippen LogP contribution in [0.25, 0.3) is 5.78 Å². The Morgan fingerprint density at radius 2 is 1.91 bits per heavy atom. The van der Waals surface area contributed by atoms with E-state index in [0.29, 0.717) is 0 Å². The smallest absolute Gasteiger partial charge is 0.378 e. The van der Waals surface area contributed by atoms with Gasteiger partial charge >= 0.3 is 5.97 Å². The number of ether oxygens (including phenoxy) is 1. The van der Waals surface area contributed by atoms with E-state index in [0.717, 1.165) is 37.8 Å². The SMILES string of the molecule is Cc1ccnc2nc(C(=O)OCC(=O)Nc3ccccc3S(=O)(=O)N(C)C3CCCCC3)nn12. The highest BCUT2D eigenvalue weighted by atomic mass is 32.2. The van der Waals surface area contributed by atoms with E-state index in [-0.39, 0.29) is 28.2 Å². The second-order valence-corrected chi connectivity index (χ2v) is 10.1. The number of hydrogen-bond acceptors (Lipinski definition) is 8. The molecule has 34 heavy (non-hydrogen) atoms. The first-order valence-electron chi connectivity index (χ1n) is 11.0. The first-order chi connectivity index (χ1) is 16.3. The molecule has 0 aliphatic heterocycles. The van der Waals surface area contributed by atoms with E-state index in [1.54, 1.807) is 38.4 Å². The summed E-state index contributed by atoms with van der Waals surface area (Å²) >= 11 is 0. The molecule has 12 heteroatoms. The summed E-state index contributed by atoms with van der Waals surface area (Å²) in [6.45, 7) is 1.15. The Balaban J connectivity index is 1.43. The molecule has 0 unspecified atom stereocenters. The summed E-state index contributed by atoms with van der Waals surface area (Å²) in [6, 6.07) is 7.81. The zero-order valence-corrected chi connectivity index (χ0v) is 19.8. The number of hydrogen-bond donors (Lipinski definition) is 1. The van der Waals surface area contributed by atoms with Crippen LogP contribution in [0.4, 0.5) is 5.69 Å². The van der Waals surface area contributed by atoms with Crippen molar-refractivity contribution in [1.82, 2.24) is 23.9 Å². The number of rotatable bonds is 7. The molecular formula is C22H26N6O5S.